The first-order valence-corrected chi connectivity index (χ1v) is 12.3. The summed E-state index contributed by atoms with van der Waals surface area (Å²) in [6.07, 6.45) is 8.36. The van der Waals surface area contributed by atoms with Crippen LogP contribution in [0.25, 0.3) is 22.2 Å². The zero-order valence-electron chi connectivity index (χ0n) is 19.6. The Kier molecular flexibility index (Phi) is 6.67. The van der Waals surface area contributed by atoms with Crippen molar-refractivity contribution in [2.75, 3.05) is 18.8 Å². The van der Waals surface area contributed by atoms with E-state index in [-0.39, 0.29) is 12.3 Å². The predicted octanol–water partition coefficient (Wildman–Crippen LogP) is 4.35. The average Bonchev–Trinajstić information content (AvgIpc) is 3.54. The van der Waals surface area contributed by atoms with E-state index in [0.717, 1.165) is 67.7 Å². The zero-order valence-corrected chi connectivity index (χ0v) is 20.4. The number of unbranched alkanes of at least 4 members (excludes halogenated alkanes) is 1. The van der Waals surface area contributed by atoms with Crippen molar-refractivity contribution in [3.05, 3.63) is 41.7 Å². The number of nitrogens with one attached hydrogen (secondary N) is 1. The number of aromatic nitrogens is 6. The van der Waals surface area contributed by atoms with E-state index < -0.39 is 0 Å². The van der Waals surface area contributed by atoms with Gasteiger partial charge in [0.15, 0.2) is 11.5 Å². The van der Waals surface area contributed by atoms with E-state index in [2.05, 4.69) is 43.7 Å². The average molecular weight is 483 g/mol. The van der Waals surface area contributed by atoms with Gasteiger partial charge in [0, 0.05) is 19.0 Å². The van der Waals surface area contributed by atoms with Crippen molar-refractivity contribution in [1.82, 2.24) is 34.4 Å². The fourth-order valence-electron chi connectivity index (χ4n) is 4.70. The fraction of sp³-hybridized carbons (Fsp3) is 0.500. The van der Waals surface area contributed by atoms with Crippen molar-refractivity contribution in [2.45, 2.75) is 64.3 Å². The molecule has 34 heavy (non-hydrogen) atoms. The van der Waals surface area contributed by atoms with Crippen LogP contribution in [0.2, 0.25) is 5.02 Å². The highest BCUT2D eigenvalue weighted by Gasteiger charge is 2.30. The molecule has 1 aromatic carbocycles. The highest BCUT2D eigenvalue weighted by atomic mass is 35.5. The molecule has 10 heteroatoms. The zero-order chi connectivity index (χ0) is 23.7. The number of para-hydroxylation sites is 1. The van der Waals surface area contributed by atoms with Gasteiger partial charge >= 0.3 is 0 Å². The Labute approximate surface area is 203 Å². The number of imidazole rings is 2. The summed E-state index contributed by atoms with van der Waals surface area (Å²) in [4.78, 5) is 23.3. The lowest BCUT2D eigenvalue weighted by molar-refractivity contribution is -0.0160. The number of aryl methyl sites for hydroxylation is 1. The molecule has 0 bridgehead atoms. The van der Waals surface area contributed by atoms with Gasteiger partial charge in [-0.05, 0) is 58.2 Å². The minimum Gasteiger partial charge on any atom is -0.382 e. The number of hydrogen-bond acceptors (Lipinski definition) is 7. The van der Waals surface area contributed by atoms with Gasteiger partial charge < -0.3 is 15.5 Å². The van der Waals surface area contributed by atoms with Crippen molar-refractivity contribution in [3.63, 3.8) is 0 Å². The van der Waals surface area contributed by atoms with Crippen LogP contribution < -0.4 is 5.73 Å². The lowest BCUT2D eigenvalue weighted by atomic mass is 10.1. The van der Waals surface area contributed by atoms with Crippen molar-refractivity contribution in [2.24, 2.45) is 0 Å². The topological polar surface area (TPSA) is 111 Å². The molecular formula is C24H31ClN8O. The van der Waals surface area contributed by atoms with Crippen molar-refractivity contribution in [1.29, 1.82) is 0 Å². The van der Waals surface area contributed by atoms with E-state index in [1.807, 2.05) is 22.8 Å². The lowest BCUT2D eigenvalue weighted by Gasteiger charge is -2.29. The first-order valence-electron chi connectivity index (χ1n) is 11.9. The van der Waals surface area contributed by atoms with Crippen LogP contribution >= 0.6 is 11.6 Å². The Morgan fingerprint density at radius 3 is 2.91 bits per heavy atom. The molecule has 0 saturated carbocycles. The molecule has 1 saturated heterocycles. The van der Waals surface area contributed by atoms with Crippen LogP contribution in [0.4, 0.5) is 5.82 Å². The summed E-state index contributed by atoms with van der Waals surface area (Å²) in [7, 11) is 0. The molecule has 1 fully saturated rings. The predicted molar refractivity (Wildman–Crippen MR) is 134 cm³/mol. The normalized spacial score (nSPS) is 18.7. The fourth-order valence-corrected chi connectivity index (χ4v) is 4.92. The summed E-state index contributed by atoms with van der Waals surface area (Å²) in [5.41, 5.74) is 9.14. The lowest BCUT2D eigenvalue weighted by Crippen LogP contribution is -2.38. The molecule has 2 unspecified atom stereocenters. The minimum absolute atomic E-state index is 0.0711. The van der Waals surface area contributed by atoms with Gasteiger partial charge in [0.2, 0.25) is 0 Å². The Hall–Kier alpha value is -2.75. The second-order valence-corrected chi connectivity index (χ2v) is 9.65. The number of fused-ring (bicyclic) bond motifs is 2. The largest absolute Gasteiger partial charge is 0.382 e. The summed E-state index contributed by atoms with van der Waals surface area (Å²) in [5, 5.41) is 0.695. The quantitative estimate of drug-likeness (QED) is 0.341. The van der Waals surface area contributed by atoms with Crippen molar-refractivity contribution in [3.8, 4) is 0 Å². The highest BCUT2D eigenvalue weighted by molar-refractivity contribution is 6.34. The SMILES string of the molecule is CC(C)N(CCCCc1nc2c(Cl)cccc2[nH]1)CC1CCC(n2cnc3c(N)ncnc32)O1. The summed E-state index contributed by atoms with van der Waals surface area (Å²) in [6, 6.07) is 6.29. The maximum absolute atomic E-state index is 6.41. The van der Waals surface area contributed by atoms with E-state index in [0.29, 0.717) is 22.4 Å². The third-order valence-corrected chi connectivity index (χ3v) is 6.88. The standard InChI is InChI=1S/C24H31ClN8O/c1-15(2)32(11-4-3-8-19-30-18-7-5-6-17(25)21(18)31-19)12-16-9-10-20(34-16)33-14-29-22-23(26)27-13-28-24(22)33/h5-7,13-16,20H,3-4,8-12H2,1-2H3,(H,30,31)(H2,26,27,28). The van der Waals surface area contributed by atoms with Crippen LogP contribution in [0, 0.1) is 0 Å². The first-order chi connectivity index (χ1) is 16.5. The van der Waals surface area contributed by atoms with Gasteiger partial charge in [-0.2, -0.15) is 0 Å². The molecule has 3 aromatic heterocycles. The minimum atomic E-state index is -0.0711. The Bertz CT molecular complexity index is 1270. The molecule has 0 radical (unpaired) electrons. The first kappa shape index (κ1) is 23.0. The van der Waals surface area contributed by atoms with Gasteiger partial charge in [-0.15, -0.1) is 0 Å². The Morgan fingerprint density at radius 2 is 2.09 bits per heavy atom. The van der Waals surface area contributed by atoms with E-state index in [1.54, 1.807) is 6.33 Å². The number of benzene rings is 1. The van der Waals surface area contributed by atoms with Crippen LogP contribution in [0.5, 0.6) is 0 Å². The molecule has 9 nitrogen and oxygen atoms in total. The molecule has 0 aliphatic carbocycles. The molecular weight excluding hydrogens is 452 g/mol. The van der Waals surface area contributed by atoms with Crippen molar-refractivity contribution >= 4 is 39.6 Å². The summed E-state index contributed by atoms with van der Waals surface area (Å²) >= 11 is 6.25. The number of rotatable bonds is 9. The Morgan fingerprint density at radius 1 is 1.21 bits per heavy atom. The van der Waals surface area contributed by atoms with E-state index >= 15 is 0 Å². The number of nitrogens with zero attached hydrogens (tertiary/aromatic N) is 6. The second kappa shape index (κ2) is 9.85. The number of halogens is 1. The number of hydrogen-bond donors (Lipinski definition) is 2. The maximum Gasteiger partial charge on any atom is 0.167 e. The number of nitrogen functional groups attached to an aromatic ring is 1. The third-order valence-electron chi connectivity index (χ3n) is 6.57. The van der Waals surface area contributed by atoms with Gasteiger partial charge in [0.25, 0.3) is 0 Å². The summed E-state index contributed by atoms with van der Waals surface area (Å²) in [6.45, 7) is 6.44. The molecule has 0 amide bonds. The third kappa shape index (κ3) is 4.73. The van der Waals surface area contributed by atoms with Crippen LogP contribution in [0.1, 0.15) is 51.6 Å². The molecule has 3 N–H and O–H groups in total. The summed E-state index contributed by atoms with van der Waals surface area (Å²) in [5.74, 6) is 1.40. The van der Waals surface area contributed by atoms with E-state index in [9.17, 15) is 0 Å². The molecule has 180 valence electrons. The maximum atomic E-state index is 6.41. The molecule has 2 atom stereocenters. The Balaban J connectivity index is 1.13. The molecule has 1 aliphatic rings. The molecule has 4 aromatic rings. The number of nitrogens with two attached hydrogens (primary N) is 1. The van der Waals surface area contributed by atoms with E-state index in [4.69, 9.17) is 22.1 Å². The van der Waals surface area contributed by atoms with Crippen LogP contribution in [-0.2, 0) is 11.2 Å². The molecule has 5 rings (SSSR count). The van der Waals surface area contributed by atoms with Gasteiger partial charge in [-0.1, -0.05) is 17.7 Å². The van der Waals surface area contributed by atoms with Crippen LogP contribution in [-0.4, -0.2) is 59.6 Å². The van der Waals surface area contributed by atoms with Gasteiger partial charge in [-0.25, -0.2) is 19.9 Å². The smallest absolute Gasteiger partial charge is 0.167 e. The highest BCUT2D eigenvalue weighted by Crippen LogP contribution is 2.31. The van der Waals surface area contributed by atoms with Crippen LogP contribution in [0.15, 0.2) is 30.9 Å². The van der Waals surface area contributed by atoms with Crippen LogP contribution in [0.3, 0.4) is 0 Å². The molecule has 1 aliphatic heterocycles. The molecule has 0 spiro atoms. The summed E-state index contributed by atoms with van der Waals surface area (Å²) < 4.78 is 8.39. The number of H-pyrrole nitrogens is 1. The number of ether oxygens (including phenoxy) is 1. The monoisotopic (exact) mass is 482 g/mol. The number of aromatic amines is 1. The number of anilines is 1. The van der Waals surface area contributed by atoms with Gasteiger partial charge in [-0.3, -0.25) is 9.47 Å². The van der Waals surface area contributed by atoms with Crippen molar-refractivity contribution < 1.29 is 4.74 Å². The van der Waals surface area contributed by atoms with E-state index in [1.165, 1.54) is 6.33 Å². The van der Waals surface area contributed by atoms with Gasteiger partial charge in [0.1, 0.15) is 29.4 Å². The van der Waals surface area contributed by atoms with Gasteiger partial charge in [0.05, 0.1) is 23.0 Å². The molecule has 4 heterocycles. The second-order valence-electron chi connectivity index (χ2n) is 9.24.